The van der Waals surface area contributed by atoms with Gasteiger partial charge in [0.25, 0.3) is 0 Å². The second kappa shape index (κ2) is 9.90. The lowest BCUT2D eigenvalue weighted by Crippen LogP contribution is -2.56. The predicted molar refractivity (Wildman–Crippen MR) is 77.8 cm³/mol. The molecular weight excluding hydrogens is 287 g/mol. The molecule has 1 saturated heterocycles. The molecule has 2 N–H and O–H groups in total. The van der Waals surface area contributed by atoms with Gasteiger partial charge in [-0.25, -0.2) is 4.39 Å². The highest BCUT2D eigenvalue weighted by Crippen LogP contribution is 2.05. The number of alkyl halides is 1. The van der Waals surface area contributed by atoms with Crippen LogP contribution in [-0.4, -0.2) is 81.1 Å². The summed E-state index contributed by atoms with van der Waals surface area (Å²) in [5, 5.41) is 5.77. The van der Waals surface area contributed by atoms with E-state index < -0.39 is 12.7 Å². The molecule has 1 unspecified atom stereocenters. The first-order valence-electron chi connectivity index (χ1n) is 6.54. The molecule has 0 radical (unpaired) electrons. The third kappa shape index (κ3) is 6.49. The number of piperazine rings is 1. The molecule has 0 aromatic carbocycles. The zero-order valence-electron chi connectivity index (χ0n) is 12.0. The molecule has 118 valence electrons. The molecule has 1 atom stereocenters. The normalized spacial score (nSPS) is 18.9. The first-order valence-corrected chi connectivity index (χ1v) is 6.54. The average molecular weight is 311 g/mol. The van der Waals surface area contributed by atoms with Crippen molar-refractivity contribution in [2.45, 2.75) is 12.5 Å². The first-order chi connectivity index (χ1) is 9.04. The standard InChI is InChI=1S/C12H23FN4O2.ClH/c1-16(2)7-4-15-11(18)9-10-12(19)17(6-3-13)8-5-14-10;/h10,14H,3-9H2,1-2H3,(H,15,18);1H. The van der Waals surface area contributed by atoms with Crippen LogP contribution in [0.3, 0.4) is 0 Å². The van der Waals surface area contributed by atoms with Crippen molar-refractivity contribution in [2.24, 2.45) is 0 Å². The van der Waals surface area contributed by atoms with E-state index in [1.807, 2.05) is 19.0 Å². The molecule has 0 spiro atoms. The molecule has 6 nitrogen and oxygen atoms in total. The fraction of sp³-hybridized carbons (Fsp3) is 0.833. The van der Waals surface area contributed by atoms with Crippen molar-refractivity contribution in [3.63, 3.8) is 0 Å². The van der Waals surface area contributed by atoms with Crippen LogP contribution in [0, 0.1) is 0 Å². The van der Waals surface area contributed by atoms with Crippen LogP contribution in [0.4, 0.5) is 4.39 Å². The lowest BCUT2D eigenvalue weighted by atomic mass is 10.1. The third-order valence-electron chi connectivity index (χ3n) is 3.01. The highest BCUT2D eigenvalue weighted by molar-refractivity contribution is 5.88. The number of rotatable bonds is 7. The molecule has 2 amide bonds. The van der Waals surface area contributed by atoms with Crippen molar-refractivity contribution < 1.29 is 14.0 Å². The minimum atomic E-state index is -0.548. The molecule has 0 aromatic heterocycles. The molecular formula is C12H24ClFN4O2. The smallest absolute Gasteiger partial charge is 0.240 e. The first kappa shape index (κ1) is 19.1. The van der Waals surface area contributed by atoms with Gasteiger partial charge in [-0.05, 0) is 14.1 Å². The van der Waals surface area contributed by atoms with Gasteiger partial charge in [0.2, 0.25) is 11.8 Å². The Kier molecular flexibility index (Phi) is 9.45. The minimum Gasteiger partial charge on any atom is -0.355 e. The van der Waals surface area contributed by atoms with Crippen molar-refractivity contribution in [2.75, 3.05) is 53.5 Å². The van der Waals surface area contributed by atoms with Crippen LogP contribution in [-0.2, 0) is 9.59 Å². The number of halogens is 2. The van der Waals surface area contributed by atoms with E-state index in [0.717, 1.165) is 6.54 Å². The van der Waals surface area contributed by atoms with Crippen LogP contribution >= 0.6 is 12.4 Å². The lowest BCUT2D eigenvalue weighted by Gasteiger charge is -2.32. The maximum atomic E-state index is 12.3. The Bertz CT molecular complexity index is 316. The molecule has 0 aromatic rings. The Morgan fingerprint density at radius 2 is 2.25 bits per heavy atom. The predicted octanol–water partition coefficient (Wildman–Crippen LogP) is -0.754. The van der Waals surface area contributed by atoms with Gasteiger partial charge < -0.3 is 20.4 Å². The summed E-state index contributed by atoms with van der Waals surface area (Å²) in [4.78, 5) is 27.1. The number of likely N-dealkylation sites (N-methyl/N-ethyl adjacent to an activating group) is 1. The molecule has 1 heterocycles. The quantitative estimate of drug-likeness (QED) is 0.649. The topological polar surface area (TPSA) is 64.7 Å². The molecule has 1 aliphatic heterocycles. The number of hydrogen-bond donors (Lipinski definition) is 2. The van der Waals surface area contributed by atoms with E-state index >= 15 is 0 Å². The van der Waals surface area contributed by atoms with Crippen molar-refractivity contribution in [3.05, 3.63) is 0 Å². The van der Waals surface area contributed by atoms with E-state index in [9.17, 15) is 14.0 Å². The number of carbonyl (C=O) groups is 2. The van der Waals surface area contributed by atoms with Crippen LogP contribution in [0.1, 0.15) is 6.42 Å². The van der Waals surface area contributed by atoms with Crippen molar-refractivity contribution in [1.82, 2.24) is 20.4 Å². The molecule has 1 rings (SSSR count). The molecule has 1 fully saturated rings. The van der Waals surface area contributed by atoms with Crippen LogP contribution in [0.5, 0.6) is 0 Å². The van der Waals surface area contributed by atoms with Gasteiger partial charge in [-0.3, -0.25) is 9.59 Å². The molecule has 0 saturated carbocycles. The van der Waals surface area contributed by atoms with Gasteiger partial charge in [-0.1, -0.05) is 0 Å². The molecule has 8 heteroatoms. The van der Waals surface area contributed by atoms with Crippen molar-refractivity contribution >= 4 is 24.2 Å². The van der Waals surface area contributed by atoms with Gasteiger partial charge >= 0.3 is 0 Å². The van der Waals surface area contributed by atoms with Gasteiger partial charge in [0.05, 0.1) is 12.5 Å². The van der Waals surface area contributed by atoms with Crippen LogP contribution in [0.2, 0.25) is 0 Å². The summed E-state index contributed by atoms with van der Waals surface area (Å²) in [6, 6.07) is -0.528. The highest BCUT2D eigenvalue weighted by atomic mass is 35.5. The Labute approximate surface area is 125 Å². The summed E-state index contributed by atoms with van der Waals surface area (Å²) in [5.74, 6) is -0.346. The largest absolute Gasteiger partial charge is 0.355 e. The van der Waals surface area contributed by atoms with Crippen LogP contribution in [0.15, 0.2) is 0 Å². The monoisotopic (exact) mass is 310 g/mol. The van der Waals surface area contributed by atoms with Crippen LogP contribution in [0.25, 0.3) is 0 Å². The zero-order valence-corrected chi connectivity index (χ0v) is 12.8. The molecule has 1 aliphatic rings. The summed E-state index contributed by atoms with van der Waals surface area (Å²) < 4.78 is 12.3. The maximum absolute atomic E-state index is 12.3. The Balaban J connectivity index is 0.00000361. The van der Waals surface area contributed by atoms with Gasteiger partial charge in [0.15, 0.2) is 0 Å². The fourth-order valence-corrected chi connectivity index (χ4v) is 1.95. The van der Waals surface area contributed by atoms with E-state index in [1.165, 1.54) is 4.90 Å². The second-order valence-electron chi connectivity index (χ2n) is 4.88. The number of carbonyl (C=O) groups excluding carboxylic acids is 2. The number of nitrogens with zero attached hydrogens (tertiary/aromatic N) is 2. The Morgan fingerprint density at radius 1 is 1.55 bits per heavy atom. The van der Waals surface area contributed by atoms with Gasteiger partial charge in [-0.2, -0.15) is 0 Å². The van der Waals surface area contributed by atoms with E-state index in [-0.39, 0.29) is 37.2 Å². The summed E-state index contributed by atoms with van der Waals surface area (Å²) >= 11 is 0. The second-order valence-corrected chi connectivity index (χ2v) is 4.88. The SMILES string of the molecule is CN(C)CCNC(=O)CC1NCCN(CCF)C1=O.Cl. The molecule has 0 bridgehead atoms. The summed E-state index contributed by atoms with van der Waals surface area (Å²) in [6.07, 6.45) is 0.106. The van der Waals surface area contributed by atoms with Crippen molar-refractivity contribution in [1.29, 1.82) is 0 Å². The molecule has 20 heavy (non-hydrogen) atoms. The van der Waals surface area contributed by atoms with E-state index in [2.05, 4.69) is 10.6 Å². The summed E-state index contributed by atoms with van der Waals surface area (Å²) in [6.45, 7) is 1.97. The summed E-state index contributed by atoms with van der Waals surface area (Å²) in [7, 11) is 3.85. The van der Waals surface area contributed by atoms with E-state index in [4.69, 9.17) is 0 Å². The van der Waals surface area contributed by atoms with Crippen molar-refractivity contribution in [3.8, 4) is 0 Å². The average Bonchev–Trinajstić information content (AvgIpc) is 2.34. The third-order valence-corrected chi connectivity index (χ3v) is 3.01. The van der Waals surface area contributed by atoms with E-state index in [0.29, 0.717) is 19.6 Å². The Morgan fingerprint density at radius 3 is 2.85 bits per heavy atom. The zero-order chi connectivity index (χ0) is 14.3. The highest BCUT2D eigenvalue weighted by Gasteiger charge is 2.29. The Hall–Kier alpha value is -0.920. The van der Waals surface area contributed by atoms with Gasteiger partial charge in [0.1, 0.15) is 6.67 Å². The maximum Gasteiger partial charge on any atom is 0.240 e. The van der Waals surface area contributed by atoms with E-state index in [1.54, 1.807) is 0 Å². The minimum absolute atomic E-state index is 0. The molecule has 0 aliphatic carbocycles. The van der Waals surface area contributed by atoms with Gasteiger partial charge in [-0.15, -0.1) is 12.4 Å². The van der Waals surface area contributed by atoms with Gasteiger partial charge in [0, 0.05) is 32.7 Å². The fourth-order valence-electron chi connectivity index (χ4n) is 1.95. The number of amides is 2. The number of nitrogens with one attached hydrogen (secondary N) is 2. The number of hydrogen-bond acceptors (Lipinski definition) is 4. The van der Waals surface area contributed by atoms with Crippen LogP contribution < -0.4 is 10.6 Å². The summed E-state index contributed by atoms with van der Waals surface area (Å²) in [5.41, 5.74) is 0. The lowest BCUT2D eigenvalue weighted by molar-refractivity contribution is -0.138.